The molecule has 7 heteroatoms. The number of benzene rings is 1. The Morgan fingerprint density at radius 3 is 2.33 bits per heavy atom. The summed E-state index contributed by atoms with van der Waals surface area (Å²) in [6, 6.07) is 9.64. The van der Waals surface area contributed by atoms with Gasteiger partial charge in [0.05, 0.1) is 5.54 Å². The first-order valence-corrected chi connectivity index (χ1v) is 9.17. The Labute approximate surface area is 160 Å². The zero-order chi connectivity index (χ0) is 20.1. The number of rotatable bonds is 6. The van der Waals surface area contributed by atoms with Gasteiger partial charge in [0, 0.05) is 6.54 Å². The van der Waals surface area contributed by atoms with Crippen molar-refractivity contribution in [2.75, 3.05) is 6.54 Å². The molecule has 3 N–H and O–H groups in total. The zero-order valence-electron chi connectivity index (χ0n) is 16.4. The molecule has 148 valence electrons. The summed E-state index contributed by atoms with van der Waals surface area (Å²) in [5.41, 5.74) is -0.0269. The van der Waals surface area contributed by atoms with E-state index >= 15 is 0 Å². The van der Waals surface area contributed by atoms with E-state index in [1.807, 2.05) is 25.1 Å². The van der Waals surface area contributed by atoms with Crippen molar-refractivity contribution in [3.05, 3.63) is 35.9 Å². The molecule has 4 amide bonds. The van der Waals surface area contributed by atoms with Crippen LogP contribution < -0.4 is 16.0 Å². The maximum absolute atomic E-state index is 12.0. The van der Waals surface area contributed by atoms with E-state index < -0.39 is 23.3 Å². The second-order valence-corrected chi connectivity index (χ2v) is 8.27. The molecule has 0 aliphatic heterocycles. The number of carbonyl (C=O) groups excluding carboxylic acids is 3. The van der Waals surface area contributed by atoms with Gasteiger partial charge in [-0.1, -0.05) is 30.3 Å². The minimum absolute atomic E-state index is 0.162. The van der Waals surface area contributed by atoms with Crippen molar-refractivity contribution in [3.8, 4) is 0 Å². The molecule has 1 aliphatic carbocycles. The fourth-order valence-corrected chi connectivity index (χ4v) is 3.34. The van der Waals surface area contributed by atoms with E-state index in [4.69, 9.17) is 4.74 Å². The van der Waals surface area contributed by atoms with Gasteiger partial charge in [-0.05, 0) is 57.9 Å². The molecule has 0 heterocycles. The summed E-state index contributed by atoms with van der Waals surface area (Å²) in [5.74, 6) is 0.586. The molecule has 2 rings (SSSR count). The Hall–Kier alpha value is -2.57. The summed E-state index contributed by atoms with van der Waals surface area (Å²) >= 11 is 0. The highest BCUT2D eigenvalue weighted by molar-refractivity contribution is 5.85. The number of alkyl carbamates (subject to hydrolysis) is 1. The van der Waals surface area contributed by atoms with Crippen molar-refractivity contribution in [2.45, 2.75) is 57.6 Å². The number of imide groups is 1. The number of carbonyl (C=O) groups is 3. The number of ether oxygens (including phenoxy) is 1. The first kappa shape index (κ1) is 20.7. The van der Waals surface area contributed by atoms with Crippen LogP contribution in [0.4, 0.5) is 9.59 Å². The number of hydrogen-bond acceptors (Lipinski definition) is 4. The maximum atomic E-state index is 12.0. The minimum atomic E-state index is -0.699. The van der Waals surface area contributed by atoms with Crippen LogP contribution in [0.25, 0.3) is 0 Å². The van der Waals surface area contributed by atoms with E-state index in [1.54, 1.807) is 20.8 Å². The largest absolute Gasteiger partial charge is 0.444 e. The van der Waals surface area contributed by atoms with Gasteiger partial charge in [0.25, 0.3) is 0 Å². The standard InChI is InChI=1S/C20H29N3O4/c1-19(2,3)27-18(26)21-12-20(4,23-17(25)22-13-24)16-10-15(11-16)14-8-6-5-7-9-14/h5-9,13,15-16H,10-12H2,1-4H3,(H,21,26)(H2,22,23,24,25). The number of urea groups is 1. The van der Waals surface area contributed by atoms with E-state index in [-0.39, 0.29) is 12.5 Å². The Bertz CT molecular complexity index is 666. The molecular formula is C20H29N3O4. The Kier molecular flexibility index (Phi) is 6.46. The van der Waals surface area contributed by atoms with Crippen LogP contribution in [0.2, 0.25) is 0 Å². The molecule has 1 aliphatic rings. The highest BCUT2D eigenvalue weighted by Gasteiger charge is 2.44. The van der Waals surface area contributed by atoms with Crippen molar-refractivity contribution in [3.63, 3.8) is 0 Å². The van der Waals surface area contributed by atoms with Crippen LogP contribution in [0, 0.1) is 5.92 Å². The Morgan fingerprint density at radius 2 is 1.78 bits per heavy atom. The van der Waals surface area contributed by atoms with Gasteiger partial charge in [-0.25, -0.2) is 9.59 Å². The lowest BCUT2D eigenvalue weighted by molar-refractivity contribution is -0.108. The topological polar surface area (TPSA) is 96.5 Å². The van der Waals surface area contributed by atoms with E-state index in [0.717, 1.165) is 12.8 Å². The third-order valence-electron chi connectivity index (χ3n) is 4.90. The molecule has 0 spiro atoms. The summed E-state index contributed by atoms with van der Waals surface area (Å²) in [5, 5.41) is 7.67. The van der Waals surface area contributed by atoms with Gasteiger partial charge in [0.2, 0.25) is 6.41 Å². The van der Waals surface area contributed by atoms with Gasteiger partial charge in [0.1, 0.15) is 5.60 Å². The predicted octanol–water partition coefficient (Wildman–Crippen LogP) is 2.92. The molecule has 0 bridgehead atoms. The van der Waals surface area contributed by atoms with E-state index in [2.05, 4.69) is 28.1 Å². The summed E-state index contributed by atoms with van der Waals surface area (Å²) in [4.78, 5) is 34.5. The zero-order valence-corrected chi connectivity index (χ0v) is 16.4. The van der Waals surface area contributed by atoms with Crippen LogP contribution >= 0.6 is 0 Å². The molecular weight excluding hydrogens is 346 g/mol. The molecule has 1 unspecified atom stereocenters. The number of hydrogen-bond donors (Lipinski definition) is 3. The van der Waals surface area contributed by atoms with Crippen molar-refractivity contribution in [1.82, 2.24) is 16.0 Å². The van der Waals surface area contributed by atoms with Crippen LogP contribution in [0.3, 0.4) is 0 Å². The molecule has 27 heavy (non-hydrogen) atoms. The molecule has 0 radical (unpaired) electrons. The summed E-state index contributed by atoms with van der Waals surface area (Å²) < 4.78 is 5.27. The van der Waals surface area contributed by atoms with Gasteiger partial charge in [-0.2, -0.15) is 0 Å². The predicted molar refractivity (Wildman–Crippen MR) is 102 cm³/mol. The van der Waals surface area contributed by atoms with Crippen LogP contribution in [-0.4, -0.2) is 36.2 Å². The third-order valence-corrected chi connectivity index (χ3v) is 4.90. The van der Waals surface area contributed by atoms with Gasteiger partial charge >= 0.3 is 12.1 Å². The van der Waals surface area contributed by atoms with Crippen molar-refractivity contribution in [1.29, 1.82) is 0 Å². The lowest BCUT2D eigenvalue weighted by Crippen LogP contribution is -2.62. The quantitative estimate of drug-likeness (QED) is 0.666. The third kappa shape index (κ3) is 5.98. The van der Waals surface area contributed by atoms with Gasteiger partial charge in [0.15, 0.2) is 0 Å². The van der Waals surface area contributed by atoms with Crippen molar-refractivity contribution in [2.24, 2.45) is 5.92 Å². The lowest BCUT2D eigenvalue weighted by Gasteiger charge is -2.47. The van der Waals surface area contributed by atoms with Crippen LogP contribution in [-0.2, 0) is 9.53 Å². The van der Waals surface area contributed by atoms with Gasteiger partial charge < -0.3 is 15.4 Å². The molecule has 1 atom stereocenters. The van der Waals surface area contributed by atoms with Crippen molar-refractivity contribution >= 4 is 18.5 Å². The molecule has 1 saturated carbocycles. The van der Waals surface area contributed by atoms with E-state index in [0.29, 0.717) is 12.3 Å². The summed E-state index contributed by atoms with van der Waals surface area (Å²) in [6.07, 6.45) is 1.57. The molecule has 7 nitrogen and oxygen atoms in total. The number of amides is 4. The van der Waals surface area contributed by atoms with Crippen molar-refractivity contribution < 1.29 is 19.1 Å². The molecule has 1 aromatic carbocycles. The molecule has 1 aromatic rings. The SMILES string of the molecule is CC(C)(C)OC(=O)NCC(C)(NC(=O)NC=O)C1CC(c2ccccc2)C1. The fraction of sp³-hybridized carbons (Fsp3) is 0.550. The first-order chi connectivity index (χ1) is 12.6. The molecule has 0 saturated heterocycles. The van der Waals surface area contributed by atoms with E-state index in [1.165, 1.54) is 5.56 Å². The second-order valence-electron chi connectivity index (χ2n) is 8.27. The average Bonchev–Trinajstić information content (AvgIpc) is 2.51. The normalized spacial score (nSPS) is 21.2. The first-order valence-electron chi connectivity index (χ1n) is 9.17. The minimum Gasteiger partial charge on any atom is -0.444 e. The smallest absolute Gasteiger partial charge is 0.407 e. The highest BCUT2D eigenvalue weighted by atomic mass is 16.6. The summed E-state index contributed by atoms with van der Waals surface area (Å²) in [7, 11) is 0. The monoisotopic (exact) mass is 375 g/mol. The average molecular weight is 375 g/mol. The van der Waals surface area contributed by atoms with Gasteiger partial charge in [-0.15, -0.1) is 0 Å². The Morgan fingerprint density at radius 1 is 1.15 bits per heavy atom. The molecule has 0 aromatic heterocycles. The van der Waals surface area contributed by atoms with Crippen LogP contribution in [0.1, 0.15) is 52.0 Å². The summed E-state index contributed by atoms with van der Waals surface area (Å²) in [6.45, 7) is 7.45. The fourth-order valence-electron chi connectivity index (χ4n) is 3.34. The number of nitrogens with one attached hydrogen (secondary N) is 3. The van der Waals surface area contributed by atoms with E-state index in [9.17, 15) is 14.4 Å². The lowest BCUT2D eigenvalue weighted by atomic mass is 9.63. The second kappa shape index (κ2) is 8.41. The van der Waals surface area contributed by atoms with Gasteiger partial charge in [-0.3, -0.25) is 10.1 Å². The van der Waals surface area contributed by atoms with Crippen LogP contribution in [0.15, 0.2) is 30.3 Å². The molecule has 1 fully saturated rings. The highest BCUT2D eigenvalue weighted by Crippen LogP contribution is 2.46. The van der Waals surface area contributed by atoms with Crippen LogP contribution in [0.5, 0.6) is 0 Å². The Balaban J connectivity index is 2.01. The maximum Gasteiger partial charge on any atom is 0.407 e.